The molecule has 198 valence electrons. The van der Waals surface area contributed by atoms with Crippen molar-refractivity contribution in [1.82, 2.24) is 9.88 Å². The van der Waals surface area contributed by atoms with Crippen LogP contribution in [0, 0.1) is 12.7 Å². The topological polar surface area (TPSA) is 66.9 Å². The van der Waals surface area contributed by atoms with Crippen LogP contribution in [0.25, 0.3) is 10.9 Å². The summed E-state index contributed by atoms with van der Waals surface area (Å²) in [6, 6.07) is 10.4. The van der Waals surface area contributed by atoms with Crippen molar-refractivity contribution in [3.05, 3.63) is 53.8 Å². The van der Waals surface area contributed by atoms with Gasteiger partial charge in [0.25, 0.3) is 5.91 Å². The second-order valence-corrected chi connectivity index (χ2v) is 9.19. The van der Waals surface area contributed by atoms with Crippen molar-refractivity contribution in [2.45, 2.75) is 32.2 Å². The maximum absolute atomic E-state index is 14.0. The van der Waals surface area contributed by atoms with Crippen LogP contribution in [0.1, 0.15) is 18.4 Å². The molecular formula is C26H28F4N4O3. The summed E-state index contributed by atoms with van der Waals surface area (Å²) in [7, 11) is 4.21. The van der Waals surface area contributed by atoms with Crippen molar-refractivity contribution in [2.75, 3.05) is 44.0 Å². The van der Waals surface area contributed by atoms with Gasteiger partial charge in [-0.15, -0.1) is 13.2 Å². The van der Waals surface area contributed by atoms with Gasteiger partial charge in [-0.1, -0.05) is 0 Å². The van der Waals surface area contributed by atoms with Crippen LogP contribution in [0.2, 0.25) is 0 Å². The molecule has 1 N–H and O–H groups in total. The van der Waals surface area contributed by atoms with E-state index in [1.54, 1.807) is 6.07 Å². The third kappa shape index (κ3) is 6.79. The summed E-state index contributed by atoms with van der Waals surface area (Å²) in [5.74, 6) is -1.79. The third-order valence-corrected chi connectivity index (χ3v) is 6.30. The summed E-state index contributed by atoms with van der Waals surface area (Å²) >= 11 is 0. The van der Waals surface area contributed by atoms with E-state index in [9.17, 15) is 22.4 Å². The van der Waals surface area contributed by atoms with Crippen LogP contribution in [-0.2, 0) is 4.79 Å². The molecule has 1 aliphatic heterocycles. The zero-order valence-corrected chi connectivity index (χ0v) is 20.7. The molecule has 1 fully saturated rings. The fraction of sp³-hybridized carbons (Fsp3) is 0.385. The van der Waals surface area contributed by atoms with E-state index in [4.69, 9.17) is 9.72 Å². The van der Waals surface area contributed by atoms with Gasteiger partial charge in [0, 0.05) is 36.3 Å². The van der Waals surface area contributed by atoms with Crippen molar-refractivity contribution in [1.29, 1.82) is 0 Å². The Morgan fingerprint density at radius 2 is 1.86 bits per heavy atom. The first-order valence-corrected chi connectivity index (χ1v) is 11.8. The Bertz CT molecular complexity index is 1270. The Morgan fingerprint density at radius 1 is 1.14 bits per heavy atom. The standard InChI is InChI=1S/C26H28F4N4O3/c1-16-12-24(34-10-8-18(9-11-34)33(2)3)32-22-6-4-17(13-20(16)22)31-25(35)15-36-23-7-5-19(14-21(23)27)37-26(28,29)30/h4-7,12-14,18H,8-11,15H2,1-3H3,(H,31,35). The number of piperidine rings is 1. The number of anilines is 2. The Kier molecular flexibility index (Phi) is 7.72. The van der Waals surface area contributed by atoms with E-state index in [0.717, 1.165) is 60.3 Å². The molecule has 37 heavy (non-hydrogen) atoms. The molecule has 1 saturated heterocycles. The number of hydrogen-bond acceptors (Lipinski definition) is 6. The van der Waals surface area contributed by atoms with E-state index in [2.05, 4.69) is 33.9 Å². The Balaban J connectivity index is 1.38. The van der Waals surface area contributed by atoms with Crippen molar-refractivity contribution in [3.8, 4) is 11.5 Å². The van der Waals surface area contributed by atoms with E-state index in [0.29, 0.717) is 17.8 Å². The fourth-order valence-electron chi connectivity index (χ4n) is 4.36. The van der Waals surface area contributed by atoms with Gasteiger partial charge in [0.2, 0.25) is 0 Å². The quantitative estimate of drug-likeness (QED) is 0.436. The zero-order valence-electron chi connectivity index (χ0n) is 20.7. The first kappa shape index (κ1) is 26.5. The van der Waals surface area contributed by atoms with Gasteiger partial charge >= 0.3 is 6.36 Å². The molecule has 0 spiro atoms. The van der Waals surface area contributed by atoms with Crippen LogP contribution in [0.4, 0.5) is 29.1 Å². The maximum atomic E-state index is 14.0. The van der Waals surface area contributed by atoms with Crippen LogP contribution in [-0.4, -0.2) is 62.0 Å². The molecule has 0 saturated carbocycles. The molecule has 4 rings (SSSR count). The van der Waals surface area contributed by atoms with Crippen molar-refractivity contribution in [2.24, 2.45) is 0 Å². The van der Waals surface area contributed by atoms with Gasteiger partial charge in [-0.05, 0) is 75.8 Å². The number of carbonyl (C=O) groups is 1. The summed E-state index contributed by atoms with van der Waals surface area (Å²) in [5.41, 5.74) is 2.34. The molecule has 11 heteroatoms. The third-order valence-electron chi connectivity index (χ3n) is 6.30. The summed E-state index contributed by atoms with van der Waals surface area (Å²) < 4.78 is 59.6. The Hall–Kier alpha value is -3.60. The zero-order chi connectivity index (χ0) is 26.7. The highest BCUT2D eigenvalue weighted by molar-refractivity contribution is 5.95. The number of halogens is 4. The van der Waals surface area contributed by atoms with Gasteiger partial charge < -0.3 is 24.6 Å². The molecule has 0 aliphatic carbocycles. The summed E-state index contributed by atoms with van der Waals surface area (Å²) in [6.07, 6.45) is -2.78. The van der Waals surface area contributed by atoms with Gasteiger partial charge in [-0.3, -0.25) is 4.79 Å². The molecule has 1 amide bonds. The van der Waals surface area contributed by atoms with Gasteiger partial charge in [0.05, 0.1) is 5.52 Å². The Morgan fingerprint density at radius 3 is 2.51 bits per heavy atom. The molecular weight excluding hydrogens is 492 g/mol. The summed E-state index contributed by atoms with van der Waals surface area (Å²) in [5, 5.41) is 3.57. The normalized spacial score (nSPS) is 14.8. The number of carbonyl (C=O) groups excluding carboxylic acids is 1. The average Bonchev–Trinajstić information content (AvgIpc) is 2.83. The number of rotatable bonds is 7. The molecule has 0 atom stereocenters. The van der Waals surface area contributed by atoms with Crippen LogP contribution >= 0.6 is 0 Å². The first-order chi connectivity index (χ1) is 17.5. The predicted octanol–water partition coefficient (Wildman–Crippen LogP) is 5.13. The molecule has 0 radical (unpaired) electrons. The van der Waals surface area contributed by atoms with Crippen LogP contribution in [0.3, 0.4) is 0 Å². The fourth-order valence-corrected chi connectivity index (χ4v) is 4.36. The smallest absolute Gasteiger partial charge is 0.481 e. The molecule has 0 unspecified atom stereocenters. The highest BCUT2D eigenvalue weighted by Gasteiger charge is 2.31. The van der Waals surface area contributed by atoms with E-state index >= 15 is 0 Å². The number of ether oxygens (including phenoxy) is 2. The van der Waals surface area contributed by atoms with Crippen LogP contribution < -0.4 is 19.7 Å². The highest BCUT2D eigenvalue weighted by Crippen LogP contribution is 2.29. The van der Waals surface area contributed by atoms with E-state index in [1.807, 2.05) is 25.1 Å². The number of pyridine rings is 1. The number of amides is 1. The number of nitrogens with zero attached hydrogens (tertiary/aromatic N) is 3. The number of aryl methyl sites for hydroxylation is 1. The van der Waals surface area contributed by atoms with Gasteiger partial charge in [-0.2, -0.15) is 0 Å². The molecule has 1 aliphatic rings. The maximum Gasteiger partial charge on any atom is 0.573 e. The van der Waals surface area contributed by atoms with Gasteiger partial charge in [0.15, 0.2) is 18.2 Å². The minimum absolute atomic E-state index is 0.370. The first-order valence-electron chi connectivity index (χ1n) is 11.8. The molecule has 2 aromatic carbocycles. The molecule has 3 aromatic rings. The second kappa shape index (κ2) is 10.8. The van der Waals surface area contributed by atoms with Gasteiger partial charge in [0.1, 0.15) is 11.6 Å². The lowest BCUT2D eigenvalue weighted by Crippen LogP contribution is -2.42. The number of alkyl halides is 3. The number of nitrogens with one attached hydrogen (secondary N) is 1. The second-order valence-electron chi connectivity index (χ2n) is 9.19. The molecule has 0 bridgehead atoms. The van der Waals surface area contributed by atoms with Crippen molar-refractivity contribution in [3.63, 3.8) is 0 Å². The van der Waals surface area contributed by atoms with Crippen LogP contribution in [0.15, 0.2) is 42.5 Å². The van der Waals surface area contributed by atoms with Gasteiger partial charge in [-0.25, -0.2) is 9.37 Å². The van der Waals surface area contributed by atoms with Crippen molar-refractivity contribution < 1.29 is 31.8 Å². The number of benzene rings is 2. The number of aromatic nitrogens is 1. The largest absolute Gasteiger partial charge is 0.573 e. The SMILES string of the molecule is Cc1cc(N2CCC(N(C)C)CC2)nc2ccc(NC(=O)COc3ccc(OC(F)(F)F)cc3F)cc12. The van der Waals surface area contributed by atoms with E-state index < -0.39 is 30.4 Å². The number of hydrogen-bond donors (Lipinski definition) is 1. The molecule has 2 heterocycles. The lowest BCUT2D eigenvalue weighted by atomic mass is 10.0. The number of fused-ring (bicyclic) bond motifs is 1. The van der Waals surface area contributed by atoms with Crippen molar-refractivity contribution >= 4 is 28.3 Å². The van der Waals surface area contributed by atoms with E-state index in [1.165, 1.54) is 0 Å². The lowest BCUT2D eigenvalue weighted by molar-refractivity contribution is -0.274. The lowest BCUT2D eigenvalue weighted by Gasteiger charge is -2.36. The highest BCUT2D eigenvalue weighted by atomic mass is 19.4. The minimum atomic E-state index is -4.94. The molecule has 7 nitrogen and oxygen atoms in total. The Labute approximate surface area is 212 Å². The monoisotopic (exact) mass is 520 g/mol. The van der Waals surface area contributed by atoms with Crippen LogP contribution in [0.5, 0.6) is 11.5 Å². The summed E-state index contributed by atoms with van der Waals surface area (Å²) in [6.45, 7) is 3.33. The minimum Gasteiger partial charge on any atom is -0.481 e. The van der Waals surface area contributed by atoms with E-state index in [-0.39, 0.29) is 5.75 Å². The average molecular weight is 521 g/mol. The predicted molar refractivity (Wildman–Crippen MR) is 133 cm³/mol. The summed E-state index contributed by atoms with van der Waals surface area (Å²) in [4.78, 5) is 21.7. The molecule has 1 aromatic heterocycles.